The second-order valence-corrected chi connectivity index (χ2v) is 3.77. The quantitative estimate of drug-likeness (QED) is 0.813. The van der Waals surface area contributed by atoms with Crippen LogP contribution in [-0.4, -0.2) is 15.9 Å². The number of carbonyl (C=O) groups is 1. The maximum atomic E-state index is 11.4. The van der Waals surface area contributed by atoms with Crippen molar-refractivity contribution in [3.8, 4) is 0 Å². The molecule has 0 fully saturated rings. The van der Waals surface area contributed by atoms with Crippen LogP contribution in [0.2, 0.25) is 0 Å². The average molecular weight is 226 g/mol. The average Bonchev–Trinajstić information content (AvgIpc) is 2.72. The lowest BCUT2D eigenvalue weighted by Gasteiger charge is -2.06. The molecule has 0 unspecified atom stereocenters. The first-order valence-corrected chi connectivity index (χ1v) is 5.27. The Morgan fingerprint density at radius 2 is 2.24 bits per heavy atom. The fourth-order valence-electron chi connectivity index (χ4n) is 1.82. The van der Waals surface area contributed by atoms with Crippen LogP contribution < -0.4 is 10.6 Å². The summed E-state index contributed by atoms with van der Waals surface area (Å²) in [5.74, 6) is 0.728. The van der Waals surface area contributed by atoms with Crippen molar-refractivity contribution in [1.29, 1.82) is 0 Å². The van der Waals surface area contributed by atoms with Crippen LogP contribution in [0.5, 0.6) is 0 Å². The highest BCUT2D eigenvalue weighted by Crippen LogP contribution is 2.21. The maximum Gasteiger partial charge on any atom is 0.251 e. The minimum absolute atomic E-state index is 0.00594. The van der Waals surface area contributed by atoms with Gasteiger partial charge in [0.2, 0.25) is 0 Å². The van der Waals surface area contributed by atoms with Crippen LogP contribution in [0.25, 0.3) is 0 Å². The molecule has 17 heavy (non-hydrogen) atoms. The number of carbonyl (C=O) groups excluding carboxylic acids is 1. The second-order valence-electron chi connectivity index (χ2n) is 3.77. The third-order valence-electron chi connectivity index (χ3n) is 2.64. The van der Waals surface area contributed by atoms with E-state index >= 15 is 0 Å². The lowest BCUT2D eigenvalue weighted by Crippen LogP contribution is -2.12. The standard InChI is InChI=1S/C12H10N4O/c17-12-10-2-1-9(5-8(10)6-14-12)16-11-3-4-13-7-15-11/h1-5,7H,6H2,(H,14,17)(H,13,15,16). The van der Waals surface area contributed by atoms with E-state index in [2.05, 4.69) is 20.6 Å². The van der Waals surface area contributed by atoms with Crippen molar-refractivity contribution in [2.75, 3.05) is 5.32 Å². The predicted molar refractivity (Wildman–Crippen MR) is 62.9 cm³/mol. The van der Waals surface area contributed by atoms with Crippen LogP contribution in [0.15, 0.2) is 36.8 Å². The molecule has 5 heteroatoms. The molecule has 1 aromatic heterocycles. The van der Waals surface area contributed by atoms with Crippen LogP contribution in [0, 0.1) is 0 Å². The molecule has 0 aliphatic carbocycles. The Balaban J connectivity index is 1.88. The minimum Gasteiger partial charge on any atom is -0.348 e. The fraction of sp³-hybridized carbons (Fsp3) is 0.0833. The van der Waals surface area contributed by atoms with E-state index < -0.39 is 0 Å². The van der Waals surface area contributed by atoms with Gasteiger partial charge in [0.05, 0.1) is 0 Å². The summed E-state index contributed by atoms with van der Waals surface area (Å²) in [5.41, 5.74) is 2.67. The first-order valence-electron chi connectivity index (χ1n) is 5.27. The normalized spacial score (nSPS) is 13.1. The number of hydrogen-bond acceptors (Lipinski definition) is 4. The van der Waals surface area contributed by atoms with Crippen molar-refractivity contribution in [2.45, 2.75) is 6.54 Å². The summed E-state index contributed by atoms with van der Waals surface area (Å²) in [7, 11) is 0. The highest BCUT2D eigenvalue weighted by Gasteiger charge is 2.18. The second kappa shape index (κ2) is 3.86. The largest absolute Gasteiger partial charge is 0.348 e. The van der Waals surface area contributed by atoms with Crippen molar-refractivity contribution in [2.24, 2.45) is 0 Å². The molecular formula is C12H10N4O. The van der Waals surface area contributed by atoms with Gasteiger partial charge in [-0.25, -0.2) is 9.97 Å². The van der Waals surface area contributed by atoms with Gasteiger partial charge < -0.3 is 10.6 Å². The first kappa shape index (κ1) is 9.77. The van der Waals surface area contributed by atoms with Crippen molar-refractivity contribution in [3.63, 3.8) is 0 Å². The number of anilines is 2. The molecule has 3 rings (SSSR count). The lowest BCUT2D eigenvalue weighted by atomic mass is 10.1. The van der Waals surface area contributed by atoms with Crippen LogP contribution >= 0.6 is 0 Å². The molecular weight excluding hydrogens is 216 g/mol. The summed E-state index contributed by atoms with van der Waals surface area (Å²) in [4.78, 5) is 19.3. The number of rotatable bonds is 2. The Kier molecular flexibility index (Phi) is 2.22. The van der Waals surface area contributed by atoms with Crippen LogP contribution in [0.1, 0.15) is 15.9 Å². The van der Waals surface area contributed by atoms with Gasteiger partial charge in [0, 0.05) is 24.0 Å². The van der Waals surface area contributed by atoms with E-state index in [1.165, 1.54) is 6.33 Å². The summed E-state index contributed by atoms with van der Waals surface area (Å²) in [6, 6.07) is 7.43. The smallest absolute Gasteiger partial charge is 0.251 e. The van der Waals surface area contributed by atoms with Gasteiger partial charge >= 0.3 is 0 Å². The number of fused-ring (bicyclic) bond motifs is 1. The molecule has 0 spiro atoms. The molecule has 2 heterocycles. The van der Waals surface area contributed by atoms with E-state index in [0.717, 1.165) is 22.6 Å². The zero-order valence-electron chi connectivity index (χ0n) is 8.97. The van der Waals surface area contributed by atoms with Gasteiger partial charge in [0.15, 0.2) is 0 Å². The molecule has 5 nitrogen and oxygen atoms in total. The van der Waals surface area contributed by atoms with E-state index in [1.807, 2.05) is 18.2 Å². The van der Waals surface area contributed by atoms with Crippen LogP contribution in [-0.2, 0) is 6.54 Å². The van der Waals surface area contributed by atoms with Crippen LogP contribution in [0.3, 0.4) is 0 Å². The van der Waals surface area contributed by atoms with Crippen molar-refractivity contribution >= 4 is 17.4 Å². The highest BCUT2D eigenvalue weighted by molar-refractivity contribution is 5.98. The summed E-state index contributed by atoms with van der Waals surface area (Å²) < 4.78 is 0. The topological polar surface area (TPSA) is 66.9 Å². The number of amides is 1. The molecule has 2 aromatic rings. The molecule has 0 saturated heterocycles. The van der Waals surface area contributed by atoms with Gasteiger partial charge in [-0.15, -0.1) is 0 Å². The van der Waals surface area contributed by atoms with Gasteiger partial charge in [-0.05, 0) is 29.8 Å². The molecule has 1 amide bonds. The summed E-state index contributed by atoms with van der Waals surface area (Å²) in [6.45, 7) is 0.591. The maximum absolute atomic E-state index is 11.4. The number of hydrogen-bond donors (Lipinski definition) is 2. The molecule has 1 aliphatic heterocycles. The number of benzene rings is 1. The highest BCUT2D eigenvalue weighted by atomic mass is 16.1. The third kappa shape index (κ3) is 1.82. The Labute approximate surface area is 97.9 Å². The monoisotopic (exact) mass is 226 g/mol. The molecule has 1 aliphatic rings. The Morgan fingerprint density at radius 3 is 3.06 bits per heavy atom. The zero-order chi connectivity index (χ0) is 11.7. The predicted octanol–water partition coefficient (Wildman–Crippen LogP) is 1.46. The summed E-state index contributed by atoms with van der Waals surface area (Å²) in [5, 5.41) is 5.94. The minimum atomic E-state index is -0.00594. The lowest BCUT2D eigenvalue weighted by molar-refractivity contribution is 0.0966. The zero-order valence-corrected chi connectivity index (χ0v) is 8.97. The number of nitrogens with zero attached hydrogens (tertiary/aromatic N) is 2. The number of nitrogens with one attached hydrogen (secondary N) is 2. The summed E-state index contributed by atoms with van der Waals surface area (Å²) >= 11 is 0. The van der Waals surface area contributed by atoms with E-state index in [1.54, 1.807) is 12.3 Å². The van der Waals surface area contributed by atoms with Crippen molar-refractivity contribution in [1.82, 2.24) is 15.3 Å². The van der Waals surface area contributed by atoms with Gasteiger partial charge in [-0.3, -0.25) is 4.79 Å². The molecule has 1 aromatic carbocycles. The molecule has 2 N–H and O–H groups in total. The van der Waals surface area contributed by atoms with Crippen LogP contribution in [0.4, 0.5) is 11.5 Å². The van der Waals surface area contributed by atoms with E-state index in [4.69, 9.17) is 0 Å². The SMILES string of the molecule is O=C1NCc2cc(Nc3ccncn3)ccc21. The van der Waals surface area contributed by atoms with Gasteiger partial charge in [0.25, 0.3) is 5.91 Å². The molecule has 0 radical (unpaired) electrons. The molecule has 84 valence electrons. The van der Waals surface area contributed by atoms with Gasteiger partial charge in [-0.1, -0.05) is 0 Å². The third-order valence-corrected chi connectivity index (χ3v) is 2.64. The molecule has 0 saturated carbocycles. The van der Waals surface area contributed by atoms with E-state index in [-0.39, 0.29) is 5.91 Å². The fourth-order valence-corrected chi connectivity index (χ4v) is 1.82. The van der Waals surface area contributed by atoms with Gasteiger partial charge in [-0.2, -0.15) is 0 Å². The number of aromatic nitrogens is 2. The van der Waals surface area contributed by atoms with Crippen molar-refractivity contribution in [3.05, 3.63) is 47.9 Å². The van der Waals surface area contributed by atoms with Gasteiger partial charge in [0.1, 0.15) is 12.1 Å². The Morgan fingerprint density at radius 1 is 1.29 bits per heavy atom. The molecule has 0 atom stereocenters. The van der Waals surface area contributed by atoms with E-state index in [0.29, 0.717) is 6.54 Å². The summed E-state index contributed by atoms with van der Waals surface area (Å²) in [6.07, 6.45) is 3.16. The first-order chi connectivity index (χ1) is 8.33. The molecule has 0 bridgehead atoms. The van der Waals surface area contributed by atoms with Crippen molar-refractivity contribution < 1.29 is 4.79 Å². The Bertz CT molecular complexity index is 568. The Hall–Kier alpha value is -2.43. The van der Waals surface area contributed by atoms with E-state index in [9.17, 15) is 4.79 Å².